The van der Waals surface area contributed by atoms with Gasteiger partial charge in [-0.15, -0.1) is 34.0 Å². The zero-order valence-corrected chi connectivity index (χ0v) is 64.0. The lowest BCUT2D eigenvalue weighted by molar-refractivity contribution is 1.28. The molecule has 29 rings (SSSR count). The summed E-state index contributed by atoms with van der Waals surface area (Å²) in [5.41, 5.74) is 25.9. The van der Waals surface area contributed by atoms with Crippen molar-refractivity contribution < 1.29 is 0 Å². The van der Waals surface area contributed by atoms with Gasteiger partial charge < -0.3 is 0 Å². The summed E-state index contributed by atoms with van der Waals surface area (Å²) in [6.45, 7) is 0. The van der Waals surface area contributed by atoms with E-state index in [1.54, 1.807) is 0 Å². The van der Waals surface area contributed by atoms with E-state index in [4.69, 9.17) is 29.9 Å². The van der Waals surface area contributed by atoms with Crippen LogP contribution in [0.3, 0.4) is 0 Å². The summed E-state index contributed by atoms with van der Waals surface area (Å²) in [7, 11) is 0. The third-order valence-electron chi connectivity index (χ3n) is 24.5. The summed E-state index contributed by atoms with van der Waals surface area (Å²) in [4.78, 5) is 31.1. The molecular formula is C104H55N9S3. The molecule has 12 heteroatoms. The zero-order chi connectivity index (χ0) is 75.3. The maximum Gasteiger partial charge on any atom is 0.165 e. The molecule has 0 bridgehead atoms. The topological polar surface area (TPSA) is 90.6 Å². The van der Waals surface area contributed by atoms with Crippen molar-refractivity contribution in [1.29, 1.82) is 0 Å². The number of nitrogens with zero attached hydrogens (tertiary/aromatic N) is 9. The van der Waals surface area contributed by atoms with Crippen LogP contribution < -0.4 is 0 Å². The van der Waals surface area contributed by atoms with Gasteiger partial charge in [0.2, 0.25) is 0 Å². The zero-order valence-electron chi connectivity index (χ0n) is 61.5. The first kappa shape index (κ1) is 62.9. The molecule has 0 aliphatic rings. The van der Waals surface area contributed by atoms with Crippen LogP contribution in [0.4, 0.5) is 0 Å². The van der Waals surface area contributed by atoms with Gasteiger partial charge in [0, 0.05) is 94.9 Å². The number of thiophene rings is 3. The van der Waals surface area contributed by atoms with E-state index < -0.39 is 0 Å². The van der Waals surface area contributed by atoms with Crippen molar-refractivity contribution in [3.63, 3.8) is 0 Å². The number of para-hydroxylation sites is 7. The summed E-state index contributed by atoms with van der Waals surface area (Å²) in [5, 5.41) is 23.8. The fraction of sp³-hybridized carbons (Fsp3) is 0. The molecule has 0 fully saturated rings. The fourth-order valence-electron chi connectivity index (χ4n) is 19.3. The average Bonchev–Trinajstić information content (AvgIpc) is 1.53. The number of rotatable bonds is 3. The lowest BCUT2D eigenvalue weighted by Crippen LogP contribution is -1.89. The van der Waals surface area contributed by atoms with Gasteiger partial charge in [0.25, 0.3) is 0 Å². The number of fused-ring (bicyclic) bond motifs is 35. The quantitative estimate of drug-likeness (QED) is 0.175. The Morgan fingerprint density at radius 1 is 0.181 bits per heavy atom. The number of benzene rings is 17. The Labute approximate surface area is 669 Å². The van der Waals surface area contributed by atoms with Gasteiger partial charge in [0.15, 0.2) is 16.9 Å². The highest BCUT2D eigenvalue weighted by Gasteiger charge is 2.28. The minimum absolute atomic E-state index is 0.918. The molecule has 0 unspecified atom stereocenters. The molecule has 534 valence electrons. The Kier molecular flexibility index (Phi) is 12.7. The van der Waals surface area contributed by atoms with Crippen molar-refractivity contribution in [3.05, 3.63) is 334 Å². The van der Waals surface area contributed by atoms with Crippen molar-refractivity contribution in [2.45, 2.75) is 0 Å². The third kappa shape index (κ3) is 8.75. The van der Waals surface area contributed by atoms with Crippen molar-refractivity contribution in [3.8, 4) is 33.4 Å². The van der Waals surface area contributed by atoms with E-state index in [1.165, 1.54) is 181 Å². The van der Waals surface area contributed by atoms with Crippen molar-refractivity contribution in [1.82, 2.24) is 43.1 Å². The second-order valence-electron chi connectivity index (χ2n) is 30.7. The van der Waals surface area contributed by atoms with Crippen LogP contribution in [-0.4, -0.2) is 43.1 Å². The lowest BCUT2D eigenvalue weighted by atomic mass is 9.95. The smallest absolute Gasteiger partial charge is 0.165 e. The largest absolute Gasteiger partial charge is 0.290 e. The first-order chi connectivity index (χ1) is 57.5. The third-order valence-corrected chi connectivity index (χ3v) is 28.1. The van der Waals surface area contributed by atoms with Gasteiger partial charge in [-0.2, -0.15) is 0 Å². The summed E-state index contributed by atoms with van der Waals surface area (Å²) in [6, 6.07) is 120. The van der Waals surface area contributed by atoms with Crippen molar-refractivity contribution in [2.75, 3.05) is 0 Å². The fourth-order valence-corrected chi connectivity index (χ4v) is 23.0. The predicted molar refractivity (Wildman–Crippen MR) is 493 cm³/mol. The van der Waals surface area contributed by atoms with Crippen LogP contribution in [0.15, 0.2) is 334 Å². The Morgan fingerprint density at radius 3 is 1.12 bits per heavy atom. The van der Waals surface area contributed by atoms with Gasteiger partial charge in [0.1, 0.15) is 16.6 Å². The second-order valence-corrected chi connectivity index (χ2v) is 33.8. The molecule has 0 N–H and O–H groups in total. The van der Waals surface area contributed by atoms with Crippen LogP contribution in [0.5, 0.6) is 0 Å². The molecule has 0 saturated heterocycles. The Bertz CT molecular complexity index is 9320. The molecule has 0 amide bonds. The lowest BCUT2D eigenvalue weighted by Gasteiger charge is -2.08. The SMILES string of the molecule is c1ccc(-c2ccc3sc4c(ccc5c6cccc7c8nc9ccccc9nc8n(c67)c54)c3c2)cc1.c1ccc2c(-c3cc4c5ccc6c7ccccc7sc6c5n5c6nc7ccccc7nc6c(c3)c45)cccc2c1.c1ccc2cc(-c3cc4c5ccc6c7ccccc7sc6c5n5c6nc7ccccc7nc6c(c3)c45)ccc2c1. The highest BCUT2D eigenvalue weighted by molar-refractivity contribution is 7.27. The minimum atomic E-state index is 0.918. The molecule has 0 spiro atoms. The second kappa shape index (κ2) is 23.5. The highest BCUT2D eigenvalue weighted by atomic mass is 32.1. The first-order valence-corrected chi connectivity index (χ1v) is 41.6. The summed E-state index contributed by atoms with van der Waals surface area (Å²) < 4.78 is 15.0. The van der Waals surface area contributed by atoms with E-state index in [2.05, 4.69) is 304 Å². The van der Waals surface area contributed by atoms with Crippen molar-refractivity contribution >= 4 is 264 Å². The maximum atomic E-state index is 5.24. The summed E-state index contributed by atoms with van der Waals surface area (Å²) in [5.74, 6) is 0. The van der Waals surface area contributed by atoms with E-state index in [0.29, 0.717) is 0 Å². The number of aromatic nitrogens is 9. The average molecular weight is 1530 g/mol. The molecule has 0 atom stereocenters. The maximum absolute atomic E-state index is 5.24. The van der Waals surface area contributed by atoms with Crippen LogP contribution in [0.2, 0.25) is 0 Å². The van der Waals surface area contributed by atoms with Gasteiger partial charge in [-0.25, -0.2) is 29.9 Å². The molecule has 0 aliphatic carbocycles. The predicted octanol–water partition coefficient (Wildman–Crippen LogP) is 28.8. The first-order valence-electron chi connectivity index (χ1n) is 39.1. The molecule has 116 heavy (non-hydrogen) atoms. The van der Waals surface area contributed by atoms with Crippen LogP contribution in [0.25, 0.3) is 264 Å². The molecule has 9 nitrogen and oxygen atoms in total. The van der Waals surface area contributed by atoms with Crippen LogP contribution in [-0.2, 0) is 0 Å². The molecular weight excluding hydrogens is 1470 g/mol. The van der Waals surface area contributed by atoms with E-state index in [-0.39, 0.29) is 0 Å². The molecule has 0 saturated carbocycles. The van der Waals surface area contributed by atoms with Gasteiger partial charge in [-0.05, 0) is 146 Å². The summed E-state index contributed by atoms with van der Waals surface area (Å²) >= 11 is 5.61. The minimum Gasteiger partial charge on any atom is -0.290 e. The standard InChI is InChI=1S/2C36H19N3S.C32H17N3S/c1-2-10-22-20(8-1)9-7-12-23(22)21-18-27-25-16-17-26-24-11-3-6-15-31(24)40-35(26)34(25)39-33(27)28(19-21)32-36(39)38-30-14-5-4-13-29(30)37-32;1-2-8-21-17-22(14-13-20(21)7-1)23-18-27-25-15-16-26-24-9-3-6-12-31(24)40-35(26)34(25)39-33(27)28(19-23)32-36(39)38-30-11-5-4-10-29(30)37-32;1-2-7-18(8-3-1)19-13-16-27-24(17-19)22-15-14-21-20-9-6-10-23-28-32(34-26-12-5-4-11-25(26)33-28)35(29(20)23)30(21)31(22)36-27/h2*1-19H;1-17H. The van der Waals surface area contributed by atoms with Crippen LogP contribution >= 0.6 is 34.0 Å². The molecule has 29 aromatic rings. The normalized spacial score (nSPS) is 12.5. The summed E-state index contributed by atoms with van der Waals surface area (Å²) in [6.07, 6.45) is 0. The Morgan fingerprint density at radius 2 is 0.543 bits per heavy atom. The van der Waals surface area contributed by atoms with E-state index in [1.807, 2.05) is 76.5 Å². The molecule has 12 heterocycles. The van der Waals surface area contributed by atoms with Gasteiger partial charge >= 0.3 is 0 Å². The van der Waals surface area contributed by atoms with Gasteiger partial charge in [0.05, 0.1) is 80.3 Å². The van der Waals surface area contributed by atoms with Gasteiger partial charge in [-0.1, -0.05) is 243 Å². The van der Waals surface area contributed by atoms with Crippen LogP contribution in [0, 0.1) is 0 Å². The van der Waals surface area contributed by atoms with E-state index in [9.17, 15) is 0 Å². The Hall–Kier alpha value is -14.7. The van der Waals surface area contributed by atoms with E-state index in [0.717, 1.165) is 82.8 Å². The molecule has 12 aromatic heterocycles. The molecule has 0 radical (unpaired) electrons. The Balaban J connectivity index is 0.0000000933. The molecule has 17 aromatic carbocycles. The number of hydrogen-bond donors (Lipinski definition) is 0. The monoisotopic (exact) mass is 1530 g/mol. The molecule has 0 aliphatic heterocycles. The van der Waals surface area contributed by atoms with Gasteiger partial charge in [-0.3, -0.25) is 13.2 Å². The van der Waals surface area contributed by atoms with Crippen molar-refractivity contribution in [2.24, 2.45) is 0 Å². The van der Waals surface area contributed by atoms with Crippen LogP contribution in [0.1, 0.15) is 0 Å². The highest BCUT2D eigenvalue weighted by Crippen LogP contribution is 2.51. The number of hydrogen-bond acceptors (Lipinski definition) is 9. The van der Waals surface area contributed by atoms with E-state index >= 15 is 0 Å².